The molecule has 0 aromatic rings. The van der Waals surface area contributed by atoms with Crippen LogP contribution < -0.4 is 5.73 Å². The lowest BCUT2D eigenvalue weighted by Gasteiger charge is -2.36. The summed E-state index contributed by atoms with van der Waals surface area (Å²) in [6.07, 6.45) is 7.60. The van der Waals surface area contributed by atoms with Crippen molar-refractivity contribution in [1.82, 2.24) is 0 Å². The Morgan fingerprint density at radius 2 is 2.12 bits per heavy atom. The van der Waals surface area contributed by atoms with Gasteiger partial charge < -0.3 is 5.73 Å². The van der Waals surface area contributed by atoms with E-state index in [9.17, 15) is 0 Å². The Hall–Kier alpha value is 0.400. The molecule has 0 aromatic heterocycles. The Morgan fingerprint density at radius 3 is 2.75 bits per heavy atom. The fourth-order valence-corrected chi connectivity index (χ4v) is 5.47. The van der Waals surface area contributed by atoms with Crippen LogP contribution in [0.15, 0.2) is 11.6 Å². The van der Waals surface area contributed by atoms with Crippen molar-refractivity contribution in [3.8, 4) is 0 Å². The van der Waals surface area contributed by atoms with E-state index in [1.165, 1.54) is 37.0 Å². The second-order valence-electron chi connectivity index (χ2n) is 4.97. The standard InChI is InChI=1S/C13H23NS2/c1-9-10(2)16-12(8-15-9)13(14)11-6-4-3-5-7-11/h6,9-10,12-13H,3-5,7-8,14H2,1-2H3. The molecular formula is C13H23NS2. The molecule has 0 amide bonds. The van der Waals surface area contributed by atoms with Gasteiger partial charge in [-0.2, -0.15) is 23.5 Å². The molecule has 0 saturated carbocycles. The first-order valence-electron chi connectivity index (χ1n) is 6.40. The summed E-state index contributed by atoms with van der Waals surface area (Å²) in [5.41, 5.74) is 7.96. The van der Waals surface area contributed by atoms with Gasteiger partial charge in [-0.25, -0.2) is 0 Å². The molecule has 2 rings (SSSR count). The molecule has 1 aliphatic heterocycles. The minimum Gasteiger partial charge on any atom is -0.323 e. The van der Waals surface area contributed by atoms with E-state index in [2.05, 4.69) is 43.4 Å². The van der Waals surface area contributed by atoms with Gasteiger partial charge in [0.2, 0.25) is 0 Å². The predicted molar refractivity (Wildman–Crippen MR) is 77.3 cm³/mol. The topological polar surface area (TPSA) is 26.0 Å². The SMILES string of the molecule is CC1SCC(C(N)C2=CCCCC2)SC1C. The van der Waals surface area contributed by atoms with Gasteiger partial charge in [0, 0.05) is 27.5 Å². The first kappa shape index (κ1) is 12.8. The Balaban J connectivity index is 1.94. The third-order valence-electron chi connectivity index (χ3n) is 3.73. The summed E-state index contributed by atoms with van der Waals surface area (Å²) in [4.78, 5) is 0. The number of thioether (sulfide) groups is 2. The van der Waals surface area contributed by atoms with E-state index in [-0.39, 0.29) is 0 Å². The van der Waals surface area contributed by atoms with Crippen LogP contribution in [0, 0.1) is 0 Å². The molecule has 2 aliphatic rings. The summed E-state index contributed by atoms with van der Waals surface area (Å²) >= 11 is 4.21. The maximum atomic E-state index is 6.43. The average Bonchev–Trinajstić information content (AvgIpc) is 2.33. The summed E-state index contributed by atoms with van der Waals surface area (Å²) in [5.74, 6) is 1.23. The Labute approximate surface area is 108 Å². The van der Waals surface area contributed by atoms with Crippen molar-refractivity contribution in [2.45, 2.75) is 61.3 Å². The lowest BCUT2D eigenvalue weighted by atomic mass is 9.93. The van der Waals surface area contributed by atoms with Crippen LogP contribution in [-0.2, 0) is 0 Å². The largest absolute Gasteiger partial charge is 0.323 e. The molecule has 1 saturated heterocycles. The van der Waals surface area contributed by atoms with E-state index in [1.54, 1.807) is 0 Å². The zero-order valence-electron chi connectivity index (χ0n) is 10.3. The van der Waals surface area contributed by atoms with Crippen LogP contribution in [0.3, 0.4) is 0 Å². The van der Waals surface area contributed by atoms with Gasteiger partial charge in [-0.1, -0.05) is 25.5 Å². The van der Waals surface area contributed by atoms with E-state index in [0.29, 0.717) is 11.3 Å². The molecule has 3 heteroatoms. The molecule has 1 fully saturated rings. The highest BCUT2D eigenvalue weighted by Crippen LogP contribution is 2.38. The fraction of sp³-hybridized carbons (Fsp3) is 0.846. The van der Waals surface area contributed by atoms with Gasteiger partial charge in [0.05, 0.1) is 0 Å². The van der Waals surface area contributed by atoms with Crippen LogP contribution in [0.4, 0.5) is 0 Å². The number of hydrogen-bond donors (Lipinski definition) is 1. The number of nitrogens with two attached hydrogens (primary N) is 1. The summed E-state index contributed by atoms with van der Waals surface area (Å²) < 4.78 is 0. The zero-order chi connectivity index (χ0) is 11.5. The first-order chi connectivity index (χ1) is 7.68. The van der Waals surface area contributed by atoms with Gasteiger partial charge in [-0.15, -0.1) is 0 Å². The molecule has 2 N–H and O–H groups in total. The molecule has 0 spiro atoms. The molecule has 1 nitrogen and oxygen atoms in total. The molecule has 4 atom stereocenters. The van der Waals surface area contributed by atoms with E-state index in [4.69, 9.17) is 5.73 Å². The van der Waals surface area contributed by atoms with Crippen LogP contribution in [0.25, 0.3) is 0 Å². The first-order valence-corrected chi connectivity index (χ1v) is 8.39. The minimum absolute atomic E-state index is 0.313. The van der Waals surface area contributed by atoms with Crippen molar-refractivity contribution in [2.75, 3.05) is 5.75 Å². The average molecular weight is 257 g/mol. The van der Waals surface area contributed by atoms with E-state index >= 15 is 0 Å². The monoisotopic (exact) mass is 257 g/mol. The predicted octanol–water partition coefficient (Wildman–Crippen LogP) is 3.44. The maximum absolute atomic E-state index is 6.43. The van der Waals surface area contributed by atoms with Crippen LogP contribution in [-0.4, -0.2) is 27.5 Å². The van der Waals surface area contributed by atoms with Crippen molar-refractivity contribution >= 4 is 23.5 Å². The third kappa shape index (κ3) is 2.99. The van der Waals surface area contributed by atoms with Crippen molar-refractivity contribution in [2.24, 2.45) is 5.73 Å². The van der Waals surface area contributed by atoms with Gasteiger partial charge in [0.15, 0.2) is 0 Å². The van der Waals surface area contributed by atoms with E-state index < -0.39 is 0 Å². The van der Waals surface area contributed by atoms with Crippen molar-refractivity contribution in [3.63, 3.8) is 0 Å². The highest BCUT2D eigenvalue weighted by atomic mass is 32.2. The number of rotatable bonds is 2. The Morgan fingerprint density at radius 1 is 1.31 bits per heavy atom. The molecule has 0 bridgehead atoms. The summed E-state index contributed by atoms with van der Waals surface area (Å²) in [5, 5.41) is 2.17. The van der Waals surface area contributed by atoms with Crippen LogP contribution in [0.1, 0.15) is 39.5 Å². The Kier molecular flexibility index (Phi) is 4.68. The van der Waals surface area contributed by atoms with Gasteiger partial charge in [-0.05, 0) is 25.7 Å². The molecule has 1 aliphatic carbocycles. The van der Waals surface area contributed by atoms with Crippen molar-refractivity contribution < 1.29 is 0 Å². The van der Waals surface area contributed by atoms with E-state index in [1.807, 2.05) is 0 Å². The van der Waals surface area contributed by atoms with Crippen molar-refractivity contribution in [1.29, 1.82) is 0 Å². The molecule has 16 heavy (non-hydrogen) atoms. The number of hydrogen-bond acceptors (Lipinski definition) is 3. The highest BCUT2D eigenvalue weighted by Gasteiger charge is 2.31. The highest BCUT2D eigenvalue weighted by molar-refractivity contribution is 8.07. The third-order valence-corrected chi connectivity index (χ3v) is 7.24. The van der Waals surface area contributed by atoms with Crippen LogP contribution in [0.2, 0.25) is 0 Å². The second kappa shape index (κ2) is 5.83. The minimum atomic E-state index is 0.313. The van der Waals surface area contributed by atoms with Gasteiger partial charge in [-0.3, -0.25) is 0 Å². The van der Waals surface area contributed by atoms with Crippen molar-refractivity contribution in [3.05, 3.63) is 11.6 Å². The summed E-state index contributed by atoms with van der Waals surface area (Å²) in [6.45, 7) is 4.68. The Bertz CT molecular complexity index is 265. The van der Waals surface area contributed by atoms with Gasteiger partial charge >= 0.3 is 0 Å². The normalized spacial score (nSPS) is 37.9. The van der Waals surface area contributed by atoms with Gasteiger partial charge in [0.25, 0.3) is 0 Å². The molecule has 4 unspecified atom stereocenters. The lowest BCUT2D eigenvalue weighted by Crippen LogP contribution is -2.41. The van der Waals surface area contributed by atoms with Gasteiger partial charge in [0.1, 0.15) is 0 Å². The summed E-state index contributed by atoms with van der Waals surface area (Å²) in [7, 11) is 0. The summed E-state index contributed by atoms with van der Waals surface area (Å²) in [6, 6.07) is 0.313. The lowest BCUT2D eigenvalue weighted by molar-refractivity contribution is 0.627. The number of allylic oxidation sites excluding steroid dienone is 1. The molecule has 1 heterocycles. The van der Waals surface area contributed by atoms with Crippen LogP contribution >= 0.6 is 23.5 Å². The molecule has 0 aromatic carbocycles. The quantitative estimate of drug-likeness (QED) is 0.768. The second-order valence-corrected chi connectivity index (χ2v) is 8.00. The maximum Gasteiger partial charge on any atom is 0.0382 e. The zero-order valence-corrected chi connectivity index (χ0v) is 11.9. The van der Waals surface area contributed by atoms with Crippen LogP contribution in [0.5, 0.6) is 0 Å². The molecule has 0 radical (unpaired) electrons. The molecular weight excluding hydrogens is 234 g/mol. The fourth-order valence-electron chi connectivity index (χ4n) is 2.40. The molecule has 92 valence electrons. The van der Waals surface area contributed by atoms with E-state index in [0.717, 1.165) is 10.5 Å². The smallest absolute Gasteiger partial charge is 0.0382 e.